The van der Waals surface area contributed by atoms with Crippen LogP contribution in [0, 0.1) is 5.92 Å². The van der Waals surface area contributed by atoms with Crippen molar-refractivity contribution in [2.24, 2.45) is 5.92 Å². The molecule has 1 aromatic rings. The van der Waals surface area contributed by atoms with Crippen molar-refractivity contribution in [3.63, 3.8) is 0 Å². The smallest absolute Gasteiger partial charge is 0.337 e. The molecule has 0 saturated carbocycles. The molecule has 1 aliphatic heterocycles. The summed E-state index contributed by atoms with van der Waals surface area (Å²) in [5.74, 6) is -0.239. The van der Waals surface area contributed by atoms with Gasteiger partial charge in [-0.2, -0.15) is 0 Å². The quantitative estimate of drug-likeness (QED) is 0.743. The highest BCUT2D eigenvalue weighted by molar-refractivity contribution is 5.94. The van der Waals surface area contributed by atoms with E-state index in [1.165, 1.54) is 0 Å². The van der Waals surface area contributed by atoms with E-state index in [4.69, 9.17) is 5.11 Å². The average molecular weight is 234 g/mol. The summed E-state index contributed by atoms with van der Waals surface area (Å²) in [6.45, 7) is 2.98. The Bertz CT molecular complexity index is 387. The van der Waals surface area contributed by atoms with Crippen LogP contribution in [-0.4, -0.2) is 30.7 Å². The number of para-hydroxylation sites is 1. The number of carboxylic acid groups (broad SMARTS) is 1. The number of hydrogen-bond donors (Lipinski definition) is 3. The fourth-order valence-corrected chi connectivity index (χ4v) is 2.16. The van der Waals surface area contributed by atoms with Gasteiger partial charge in [-0.25, -0.2) is 4.79 Å². The molecule has 3 N–H and O–H groups in total. The van der Waals surface area contributed by atoms with Gasteiger partial charge in [0.2, 0.25) is 0 Å². The maximum atomic E-state index is 11.0. The molecule has 0 spiro atoms. The van der Waals surface area contributed by atoms with Crippen LogP contribution in [0.5, 0.6) is 0 Å². The lowest BCUT2D eigenvalue weighted by molar-refractivity contribution is 0.0698. The topological polar surface area (TPSA) is 61.4 Å². The Morgan fingerprint density at radius 1 is 1.35 bits per heavy atom. The van der Waals surface area contributed by atoms with E-state index >= 15 is 0 Å². The number of rotatable bonds is 4. The van der Waals surface area contributed by atoms with E-state index in [-0.39, 0.29) is 0 Å². The second-order valence-electron chi connectivity index (χ2n) is 4.43. The van der Waals surface area contributed by atoms with Crippen molar-refractivity contribution in [3.8, 4) is 0 Å². The molecule has 4 nitrogen and oxygen atoms in total. The summed E-state index contributed by atoms with van der Waals surface area (Å²) in [6, 6.07) is 7.06. The minimum Gasteiger partial charge on any atom is -0.478 e. The number of nitrogens with one attached hydrogen (secondary N) is 2. The second kappa shape index (κ2) is 5.68. The van der Waals surface area contributed by atoms with Gasteiger partial charge in [-0.3, -0.25) is 0 Å². The summed E-state index contributed by atoms with van der Waals surface area (Å²) in [5, 5.41) is 15.6. The standard InChI is InChI=1S/C13H18N2O2/c16-13(17)11-3-1-2-4-12(11)15-9-10-5-7-14-8-6-10/h1-4,10,14-15H,5-9H2,(H,16,17). The predicted molar refractivity (Wildman–Crippen MR) is 67.5 cm³/mol. The zero-order chi connectivity index (χ0) is 12.1. The Balaban J connectivity index is 1.96. The van der Waals surface area contributed by atoms with E-state index in [1.807, 2.05) is 12.1 Å². The van der Waals surface area contributed by atoms with Crippen LogP contribution in [-0.2, 0) is 0 Å². The Morgan fingerprint density at radius 2 is 2.06 bits per heavy atom. The van der Waals surface area contributed by atoms with Crippen LogP contribution in [0.1, 0.15) is 23.2 Å². The molecule has 0 amide bonds. The Morgan fingerprint density at radius 3 is 2.76 bits per heavy atom. The number of hydrogen-bond acceptors (Lipinski definition) is 3. The van der Waals surface area contributed by atoms with Crippen molar-refractivity contribution in [2.75, 3.05) is 25.0 Å². The van der Waals surface area contributed by atoms with Crippen molar-refractivity contribution in [1.29, 1.82) is 0 Å². The highest BCUT2D eigenvalue weighted by Gasteiger charge is 2.14. The minimum absolute atomic E-state index is 0.349. The van der Waals surface area contributed by atoms with Crippen molar-refractivity contribution in [3.05, 3.63) is 29.8 Å². The Hall–Kier alpha value is -1.55. The lowest BCUT2D eigenvalue weighted by atomic mass is 9.98. The first-order valence-corrected chi connectivity index (χ1v) is 6.04. The average Bonchev–Trinajstić information content (AvgIpc) is 2.38. The molecule has 1 fully saturated rings. The van der Waals surface area contributed by atoms with Gasteiger partial charge in [-0.1, -0.05) is 12.1 Å². The van der Waals surface area contributed by atoms with Crippen LogP contribution in [0.25, 0.3) is 0 Å². The maximum absolute atomic E-state index is 11.0. The van der Waals surface area contributed by atoms with E-state index in [9.17, 15) is 4.79 Å². The van der Waals surface area contributed by atoms with Crippen LogP contribution >= 0.6 is 0 Å². The van der Waals surface area contributed by atoms with Crippen LogP contribution < -0.4 is 10.6 Å². The van der Waals surface area contributed by atoms with Gasteiger partial charge in [0.1, 0.15) is 0 Å². The summed E-state index contributed by atoms with van der Waals surface area (Å²) in [5.41, 5.74) is 1.07. The van der Waals surface area contributed by atoms with E-state index in [2.05, 4.69) is 10.6 Å². The van der Waals surface area contributed by atoms with Gasteiger partial charge in [-0.15, -0.1) is 0 Å². The van der Waals surface area contributed by atoms with Gasteiger partial charge in [-0.05, 0) is 44.0 Å². The van der Waals surface area contributed by atoms with Crippen LogP contribution in [0.2, 0.25) is 0 Å². The molecule has 1 aliphatic rings. The fraction of sp³-hybridized carbons (Fsp3) is 0.462. The largest absolute Gasteiger partial charge is 0.478 e. The first kappa shape index (κ1) is 11.9. The monoisotopic (exact) mass is 234 g/mol. The molecule has 0 aromatic heterocycles. The number of piperidine rings is 1. The molecule has 4 heteroatoms. The Kier molecular flexibility index (Phi) is 3.98. The van der Waals surface area contributed by atoms with Gasteiger partial charge in [0, 0.05) is 12.2 Å². The third kappa shape index (κ3) is 3.20. The van der Waals surface area contributed by atoms with Crippen molar-refractivity contribution < 1.29 is 9.90 Å². The number of anilines is 1. The lowest BCUT2D eigenvalue weighted by Gasteiger charge is -2.23. The summed E-state index contributed by atoms with van der Waals surface area (Å²) in [4.78, 5) is 11.0. The zero-order valence-corrected chi connectivity index (χ0v) is 9.78. The molecule has 0 unspecified atom stereocenters. The molecule has 0 atom stereocenters. The zero-order valence-electron chi connectivity index (χ0n) is 9.78. The van der Waals surface area contributed by atoms with E-state index in [0.29, 0.717) is 11.5 Å². The first-order valence-electron chi connectivity index (χ1n) is 6.04. The van der Waals surface area contributed by atoms with Gasteiger partial charge in [0.15, 0.2) is 0 Å². The van der Waals surface area contributed by atoms with Gasteiger partial charge < -0.3 is 15.7 Å². The Labute approximate surface area is 101 Å². The summed E-state index contributed by atoms with van der Waals surface area (Å²) < 4.78 is 0. The first-order chi connectivity index (χ1) is 8.27. The molecule has 0 radical (unpaired) electrons. The SMILES string of the molecule is O=C(O)c1ccccc1NCC1CCNCC1. The number of benzene rings is 1. The lowest BCUT2D eigenvalue weighted by Crippen LogP contribution is -2.31. The van der Waals surface area contributed by atoms with Crippen LogP contribution in [0.4, 0.5) is 5.69 Å². The summed E-state index contributed by atoms with van der Waals surface area (Å²) in [6.07, 6.45) is 2.31. The number of carbonyl (C=O) groups is 1. The van der Waals surface area contributed by atoms with E-state index < -0.39 is 5.97 Å². The molecule has 2 rings (SSSR count). The van der Waals surface area contributed by atoms with Crippen LogP contribution in [0.3, 0.4) is 0 Å². The van der Waals surface area contributed by atoms with Gasteiger partial charge in [0.05, 0.1) is 5.56 Å². The molecule has 0 aliphatic carbocycles. The van der Waals surface area contributed by atoms with Gasteiger partial charge >= 0.3 is 5.97 Å². The number of aromatic carboxylic acids is 1. The van der Waals surface area contributed by atoms with Crippen molar-refractivity contribution >= 4 is 11.7 Å². The minimum atomic E-state index is -0.876. The predicted octanol–water partition coefficient (Wildman–Crippen LogP) is 1.80. The summed E-state index contributed by atoms with van der Waals surface area (Å²) in [7, 11) is 0. The van der Waals surface area contributed by atoms with Crippen LogP contribution in [0.15, 0.2) is 24.3 Å². The van der Waals surface area contributed by atoms with E-state index in [1.54, 1.807) is 12.1 Å². The van der Waals surface area contributed by atoms with Crippen molar-refractivity contribution in [1.82, 2.24) is 5.32 Å². The fourth-order valence-electron chi connectivity index (χ4n) is 2.16. The van der Waals surface area contributed by atoms with Gasteiger partial charge in [0.25, 0.3) is 0 Å². The second-order valence-corrected chi connectivity index (χ2v) is 4.43. The molecular formula is C13H18N2O2. The third-order valence-corrected chi connectivity index (χ3v) is 3.20. The highest BCUT2D eigenvalue weighted by Crippen LogP contribution is 2.17. The maximum Gasteiger partial charge on any atom is 0.337 e. The molecule has 1 saturated heterocycles. The van der Waals surface area contributed by atoms with Crippen molar-refractivity contribution in [2.45, 2.75) is 12.8 Å². The number of carboxylic acids is 1. The summed E-state index contributed by atoms with van der Waals surface area (Å²) >= 11 is 0. The third-order valence-electron chi connectivity index (χ3n) is 3.20. The molecule has 1 aromatic carbocycles. The van der Waals surface area contributed by atoms with E-state index in [0.717, 1.165) is 38.2 Å². The molecular weight excluding hydrogens is 216 g/mol. The normalized spacial score (nSPS) is 16.7. The highest BCUT2D eigenvalue weighted by atomic mass is 16.4. The molecule has 1 heterocycles. The molecule has 92 valence electrons. The molecule has 0 bridgehead atoms. The molecule has 17 heavy (non-hydrogen) atoms.